The van der Waals surface area contributed by atoms with Gasteiger partial charge in [-0.1, -0.05) is 310 Å². The molecule has 0 amide bonds. The van der Waals surface area contributed by atoms with Crippen LogP contribution in [0.2, 0.25) is 0 Å². The summed E-state index contributed by atoms with van der Waals surface area (Å²) in [6.07, 6.45) is 66.8. The van der Waals surface area contributed by atoms with Crippen LogP contribution in [0.4, 0.5) is 0 Å². The van der Waals surface area contributed by atoms with Crippen LogP contribution in [0.25, 0.3) is 0 Å². The summed E-state index contributed by atoms with van der Waals surface area (Å²) < 4.78 is 25.4. The molecule has 1 fully saturated rings. The Hall–Kier alpha value is -0.650. The van der Waals surface area contributed by atoms with Crippen molar-refractivity contribution in [1.82, 2.24) is 0 Å². The zero-order chi connectivity index (χ0) is 48.2. The summed E-state index contributed by atoms with van der Waals surface area (Å²) in [5, 5.41) is 0. The first kappa shape index (κ1) is 64.4. The van der Waals surface area contributed by atoms with E-state index in [1.807, 2.05) is 0 Å². The predicted octanol–water partition coefficient (Wildman–Crippen LogP) is 20.5. The Bertz CT molecular complexity index is 908. The topological polar surface area (TPSA) is 54.0 Å². The zero-order valence-corrected chi connectivity index (χ0v) is 46.3. The van der Waals surface area contributed by atoms with Crippen molar-refractivity contribution in [2.45, 2.75) is 360 Å². The van der Waals surface area contributed by atoms with Gasteiger partial charge in [0.05, 0.1) is 25.2 Å². The van der Waals surface area contributed by atoms with Crippen LogP contribution in [-0.4, -0.2) is 51.2 Å². The maximum absolute atomic E-state index is 13.0. The van der Waals surface area contributed by atoms with E-state index >= 15 is 0 Å². The third-order valence-electron chi connectivity index (χ3n) is 15.3. The van der Waals surface area contributed by atoms with Crippen LogP contribution in [0.3, 0.4) is 0 Å². The van der Waals surface area contributed by atoms with Crippen molar-refractivity contribution in [3.05, 3.63) is 0 Å². The number of methoxy groups -OCH3 is 1. The minimum Gasteiger partial charge on any atom is -0.469 e. The van der Waals surface area contributed by atoms with Gasteiger partial charge in [-0.3, -0.25) is 4.79 Å². The molecule has 0 bridgehead atoms. The largest absolute Gasteiger partial charge is 0.469 e. The lowest BCUT2D eigenvalue weighted by Gasteiger charge is -2.40. The van der Waals surface area contributed by atoms with Crippen molar-refractivity contribution in [2.75, 3.05) is 26.9 Å². The molecule has 400 valence electrons. The fraction of sp³-hybridized carbons (Fsp3) is 0.984. The van der Waals surface area contributed by atoms with Gasteiger partial charge in [0.25, 0.3) is 0 Å². The third-order valence-corrected chi connectivity index (χ3v) is 15.3. The molecule has 0 aliphatic heterocycles. The Kier molecular flexibility index (Phi) is 51.1. The minimum absolute atomic E-state index is 0.112. The smallest absolute Gasteiger partial charge is 0.308 e. The molecule has 1 aliphatic carbocycles. The lowest BCUT2D eigenvalue weighted by atomic mass is 9.82. The summed E-state index contributed by atoms with van der Waals surface area (Å²) >= 11 is 0. The number of hydrogen-bond donors (Lipinski definition) is 0. The van der Waals surface area contributed by atoms with Gasteiger partial charge >= 0.3 is 5.97 Å². The maximum Gasteiger partial charge on any atom is 0.308 e. The van der Waals surface area contributed by atoms with Gasteiger partial charge in [0.1, 0.15) is 6.10 Å². The summed E-state index contributed by atoms with van der Waals surface area (Å²) in [5.41, 5.74) is 0. The molecule has 2 atom stereocenters. The molecule has 1 rings (SSSR count). The normalized spacial score (nSPS) is 17.4. The van der Waals surface area contributed by atoms with E-state index in [-0.39, 0.29) is 30.2 Å². The Morgan fingerprint density at radius 1 is 0.299 bits per heavy atom. The van der Waals surface area contributed by atoms with Crippen molar-refractivity contribution in [2.24, 2.45) is 5.92 Å². The van der Waals surface area contributed by atoms with Gasteiger partial charge < -0.3 is 18.9 Å². The van der Waals surface area contributed by atoms with Gasteiger partial charge in [0.15, 0.2) is 0 Å². The fourth-order valence-electron chi connectivity index (χ4n) is 10.7. The maximum atomic E-state index is 13.0. The second-order valence-electron chi connectivity index (χ2n) is 21.8. The standard InChI is InChI=1S/C62H122O5/c1-5-8-11-14-17-20-23-26-29-32-35-38-41-44-47-50-53-65-59-56-58(62(63)64-4)57-60(66-54-51-48-45-42-39-36-33-30-27-24-21-18-15-12-9-6-2)61(59)67-55-52-49-46-43-40-37-34-31-28-25-22-19-16-13-10-7-3/h58-61H,5-57H2,1-4H3. The van der Waals surface area contributed by atoms with Gasteiger partial charge in [-0.05, 0) is 32.1 Å². The van der Waals surface area contributed by atoms with E-state index in [1.54, 1.807) is 0 Å². The lowest BCUT2D eigenvalue weighted by Crippen LogP contribution is -2.50. The highest BCUT2D eigenvalue weighted by atomic mass is 16.6. The van der Waals surface area contributed by atoms with Crippen molar-refractivity contribution >= 4 is 5.97 Å². The summed E-state index contributed by atoms with van der Waals surface area (Å²) in [4.78, 5) is 13.0. The number of hydrogen-bond acceptors (Lipinski definition) is 5. The molecule has 5 nitrogen and oxygen atoms in total. The minimum atomic E-state index is -0.188. The Balaban J connectivity index is 2.43. The molecule has 0 N–H and O–H groups in total. The number of ether oxygens (including phenoxy) is 4. The van der Waals surface area contributed by atoms with E-state index in [1.165, 1.54) is 296 Å². The van der Waals surface area contributed by atoms with Crippen molar-refractivity contribution < 1.29 is 23.7 Å². The van der Waals surface area contributed by atoms with Gasteiger partial charge in [-0.25, -0.2) is 0 Å². The van der Waals surface area contributed by atoms with Crippen molar-refractivity contribution in [1.29, 1.82) is 0 Å². The van der Waals surface area contributed by atoms with E-state index in [2.05, 4.69) is 20.8 Å². The molecule has 1 aliphatic rings. The van der Waals surface area contributed by atoms with Gasteiger partial charge in [0.2, 0.25) is 0 Å². The van der Waals surface area contributed by atoms with Crippen molar-refractivity contribution in [3.8, 4) is 0 Å². The average Bonchev–Trinajstić information content (AvgIpc) is 3.34. The molecule has 0 heterocycles. The Labute approximate surface area is 421 Å². The summed E-state index contributed by atoms with van der Waals surface area (Å²) in [5.74, 6) is -0.310. The highest BCUT2D eigenvalue weighted by Crippen LogP contribution is 2.33. The molecule has 0 spiro atoms. The summed E-state index contributed by atoms with van der Waals surface area (Å²) in [6, 6.07) is 0. The van der Waals surface area contributed by atoms with Gasteiger partial charge in [-0.2, -0.15) is 0 Å². The molecule has 0 aromatic heterocycles. The molecule has 2 unspecified atom stereocenters. The molecular weight excluding hydrogens is 825 g/mol. The quantitative estimate of drug-likeness (QED) is 0.0449. The Morgan fingerprint density at radius 3 is 0.701 bits per heavy atom. The number of esters is 1. The lowest BCUT2D eigenvalue weighted by molar-refractivity contribution is -0.181. The summed E-state index contributed by atoms with van der Waals surface area (Å²) in [6.45, 7) is 9.13. The number of rotatable bonds is 55. The Morgan fingerprint density at radius 2 is 0.493 bits per heavy atom. The van der Waals surface area contributed by atoms with Crippen molar-refractivity contribution in [3.63, 3.8) is 0 Å². The van der Waals surface area contributed by atoms with Crippen LogP contribution < -0.4 is 0 Å². The molecular formula is C62H122O5. The first-order valence-electron chi connectivity index (χ1n) is 31.1. The van der Waals surface area contributed by atoms with Crippen LogP contribution in [0.5, 0.6) is 0 Å². The predicted molar refractivity (Wildman–Crippen MR) is 293 cm³/mol. The van der Waals surface area contributed by atoms with Crippen LogP contribution in [0, 0.1) is 5.92 Å². The fourth-order valence-corrected chi connectivity index (χ4v) is 10.7. The van der Waals surface area contributed by atoms with E-state index in [0.717, 1.165) is 39.1 Å². The molecule has 67 heavy (non-hydrogen) atoms. The van der Waals surface area contributed by atoms with E-state index < -0.39 is 0 Å². The number of unbranched alkanes of at least 4 members (excludes halogenated alkanes) is 45. The first-order valence-corrected chi connectivity index (χ1v) is 31.1. The highest BCUT2D eigenvalue weighted by Gasteiger charge is 2.43. The molecule has 0 aromatic rings. The van der Waals surface area contributed by atoms with Crippen LogP contribution in [0.15, 0.2) is 0 Å². The molecule has 0 aromatic carbocycles. The molecule has 0 saturated heterocycles. The molecule has 5 heteroatoms. The zero-order valence-electron chi connectivity index (χ0n) is 46.3. The van der Waals surface area contributed by atoms with E-state index in [0.29, 0.717) is 12.8 Å². The second-order valence-corrected chi connectivity index (χ2v) is 21.8. The number of carbonyl (C=O) groups is 1. The average molecular weight is 948 g/mol. The number of carbonyl (C=O) groups excluding carboxylic acids is 1. The van der Waals surface area contributed by atoms with Gasteiger partial charge in [-0.15, -0.1) is 0 Å². The first-order chi connectivity index (χ1) is 33.2. The second kappa shape index (κ2) is 53.2. The monoisotopic (exact) mass is 947 g/mol. The van der Waals surface area contributed by atoms with E-state index in [9.17, 15) is 4.79 Å². The van der Waals surface area contributed by atoms with Crippen LogP contribution in [-0.2, 0) is 23.7 Å². The molecule has 0 radical (unpaired) electrons. The van der Waals surface area contributed by atoms with E-state index in [4.69, 9.17) is 18.9 Å². The summed E-state index contributed by atoms with van der Waals surface area (Å²) in [7, 11) is 1.53. The van der Waals surface area contributed by atoms with Crippen LogP contribution >= 0.6 is 0 Å². The highest BCUT2D eigenvalue weighted by molar-refractivity contribution is 5.72. The molecule has 1 saturated carbocycles. The van der Waals surface area contributed by atoms with Crippen LogP contribution in [0.1, 0.15) is 342 Å². The van der Waals surface area contributed by atoms with Gasteiger partial charge in [0, 0.05) is 19.8 Å². The third kappa shape index (κ3) is 42.7. The SMILES string of the molecule is CCCCCCCCCCCCCCCCCCOC1CC(C(=O)OC)CC(OCCCCCCCCCCCCCCCCCC)C1OCCCCCCCCCCCCCCCCCC.